The van der Waals surface area contributed by atoms with Crippen molar-refractivity contribution in [3.8, 4) is 5.75 Å². The summed E-state index contributed by atoms with van der Waals surface area (Å²) < 4.78 is 1.92. The van der Waals surface area contributed by atoms with Gasteiger partial charge in [-0.25, -0.2) is 4.98 Å². The maximum absolute atomic E-state index is 10.1. The first-order valence-electron chi connectivity index (χ1n) is 8.34. The Hall–Kier alpha value is -1.64. The average Bonchev–Trinajstić information content (AvgIpc) is 2.99. The Balaban J connectivity index is 1.48. The lowest BCUT2D eigenvalue weighted by Gasteiger charge is -2.27. The van der Waals surface area contributed by atoms with Crippen LogP contribution in [0.15, 0.2) is 33.9 Å². The zero-order chi connectivity index (χ0) is 17.2. The highest BCUT2D eigenvalue weighted by Crippen LogP contribution is 2.31. The van der Waals surface area contributed by atoms with E-state index in [1.54, 1.807) is 22.6 Å². The molecule has 2 heterocycles. The zero-order valence-corrected chi connectivity index (χ0v) is 16.0. The molecule has 2 aromatic rings. The number of anilines is 1. The number of hydrogen-bond donors (Lipinski definition) is 2. The van der Waals surface area contributed by atoms with Crippen molar-refractivity contribution >= 4 is 48.8 Å². The quantitative estimate of drug-likeness (QED) is 0.781. The van der Waals surface area contributed by atoms with Gasteiger partial charge >= 0.3 is 0 Å². The largest absolute Gasteiger partial charge is 0.391 e. The second-order valence-electron chi connectivity index (χ2n) is 6.23. The van der Waals surface area contributed by atoms with Crippen LogP contribution in [0.25, 0.3) is 10.2 Å². The van der Waals surface area contributed by atoms with E-state index in [0.29, 0.717) is 6.67 Å². The van der Waals surface area contributed by atoms with Gasteiger partial charge in [0.1, 0.15) is 6.67 Å². The number of aliphatic imine (C=N–C) groups is 1. The number of aliphatic hydroxyl groups is 1. The van der Waals surface area contributed by atoms with Crippen molar-refractivity contribution in [2.24, 2.45) is 4.99 Å². The van der Waals surface area contributed by atoms with Crippen LogP contribution in [0.2, 0.25) is 0 Å². The molecule has 1 aliphatic heterocycles. The van der Waals surface area contributed by atoms with E-state index in [9.17, 15) is 5.11 Å². The van der Waals surface area contributed by atoms with E-state index >= 15 is 0 Å². The summed E-state index contributed by atoms with van der Waals surface area (Å²) in [6.45, 7) is 0.461. The summed E-state index contributed by atoms with van der Waals surface area (Å²) >= 11 is 4.97. The van der Waals surface area contributed by atoms with Crippen molar-refractivity contribution in [2.45, 2.75) is 37.8 Å². The molecule has 0 bridgehead atoms. The van der Waals surface area contributed by atoms with Crippen LogP contribution in [0, 0.1) is 0 Å². The van der Waals surface area contributed by atoms with Crippen LogP contribution in [-0.2, 0) is 0 Å². The van der Waals surface area contributed by atoms with Gasteiger partial charge in [0, 0.05) is 12.3 Å². The first-order chi connectivity index (χ1) is 12.2. The number of aliphatic hydroxyl groups excluding tert-OH is 1. The van der Waals surface area contributed by atoms with E-state index < -0.39 is 0 Å². The molecule has 1 aromatic heterocycles. The Bertz CT molecular complexity index is 822. The number of halogens is 1. The number of thiazole rings is 1. The molecule has 4 rings (SSSR count). The minimum absolute atomic E-state index is 0.0960. The average molecular weight is 423 g/mol. The van der Waals surface area contributed by atoms with Crippen molar-refractivity contribution < 1.29 is 9.94 Å². The molecule has 8 heteroatoms. The number of aromatic nitrogens is 1. The van der Waals surface area contributed by atoms with Gasteiger partial charge in [-0.2, -0.15) is 5.06 Å². The van der Waals surface area contributed by atoms with Gasteiger partial charge in [0.05, 0.1) is 33.0 Å². The molecule has 0 unspecified atom stereocenters. The summed E-state index contributed by atoms with van der Waals surface area (Å²) in [6, 6.07) is 5.94. The fourth-order valence-corrected chi connectivity index (χ4v) is 4.40. The number of benzene rings is 1. The molecule has 2 atom stereocenters. The van der Waals surface area contributed by atoms with Crippen LogP contribution in [-0.4, -0.2) is 40.2 Å². The topological polar surface area (TPSA) is 70.0 Å². The third-order valence-corrected chi connectivity index (χ3v) is 5.68. The lowest BCUT2D eigenvalue weighted by Crippen LogP contribution is -2.36. The molecule has 0 saturated heterocycles. The number of nitrogens with one attached hydrogen (secondary N) is 1. The Morgan fingerprint density at radius 2 is 2.20 bits per heavy atom. The molecule has 1 aromatic carbocycles. The molecule has 2 N–H and O–H groups in total. The second-order valence-corrected chi connectivity index (χ2v) is 8.17. The number of fused-ring (bicyclic) bond motifs is 1. The molecule has 0 radical (unpaired) electrons. The third kappa shape index (κ3) is 3.96. The summed E-state index contributed by atoms with van der Waals surface area (Å²) in [7, 11) is 0. The first-order valence-corrected chi connectivity index (χ1v) is 9.95. The fraction of sp³-hybridized carbons (Fsp3) is 0.412. The number of hydrogen-bond acceptors (Lipinski definition) is 7. The maximum Gasteiger partial charge on any atom is 0.184 e. The Morgan fingerprint density at radius 3 is 3.04 bits per heavy atom. The van der Waals surface area contributed by atoms with Crippen molar-refractivity contribution in [1.29, 1.82) is 0 Å². The van der Waals surface area contributed by atoms with Crippen LogP contribution in [0.4, 0.5) is 5.13 Å². The zero-order valence-electron chi connectivity index (χ0n) is 13.6. The molecule has 132 valence electrons. The molecule has 2 aliphatic rings. The Morgan fingerprint density at radius 1 is 1.32 bits per heavy atom. The van der Waals surface area contributed by atoms with Crippen LogP contribution in [0.1, 0.15) is 25.7 Å². The highest BCUT2D eigenvalue weighted by Gasteiger charge is 2.23. The molecule has 1 saturated carbocycles. The molecular weight excluding hydrogens is 404 g/mol. The van der Waals surface area contributed by atoms with Gasteiger partial charge in [0.2, 0.25) is 0 Å². The summed E-state index contributed by atoms with van der Waals surface area (Å²) in [4.78, 5) is 14.7. The number of nitrogens with zero attached hydrogens (tertiary/aromatic N) is 3. The highest BCUT2D eigenvalue weighted by molar-refractivity contribution is 9.12. The van der Waals surface area contributed by atoms with Crippen molar-refractivity contribution in [3.05, 3.63) is 28.9 Å². The Kier molecular flexibility index (Phi) is 4.91. The minimum atomic E-state index is -0.287. The number of rotatable bonds is 4. The van der Waals surface area contributed by atoms with Gasteiger partial charge in [0.25, 0.3) is 0 Å². The van der Waals surface area contributed by atoms with Crippen LogP contribution in [0.3, 0.4) is 0 Å². The summed E-state index contributed by atoms with van der Waals surface area (Å²) in [5.74, 6) is 0.744. The lowest BCUT2D eigenvalue weighted by atomic mass is 9.93. The molecule has 1 aliphatic carbocycles. The Labute approximate surface area is 158 Å². The van der Waals surface area contributed by atoms with E-state index in [1.807, 2.05) is 24.4 Å². The second kappa shape index (κ2) is 7.31. The number of hydroxylamine groups is 2. The van der Waals surface area contributed by atoms with Crippen LogP contribution >= 0.6 is 27.3 Å². The van der Waals surface area contributed by atoms with E-state index in [2.05, 4.69) is 31.2 Å². The monoisotopic (exact) mass is 422 g/mol. The van der Waals surface area contributed by atoms with Gasteiger partial charge in [-0.15, -0.1) is 0 Å². The van der Waals surface area contributed by atoms with E-state index in [0.717, 1.165) is 51.3 Å². The van der Waals surface area contributed by atoms with E-state index in [1.165, 1.54) is 0 Å². The van der Waals surface area contributed by atoms with Gasteiger partial charge < -0.3 is 15.3 Å². The van der Waals surface area contributed by atoms with E-state index in [-0.39, 0.29) is 12.1 Å². The van der Waals surface area contributed by atoms with Crippen LogP contribution in [0.5, 0.6) is 5.75 Å². The number of allylic oxidation sites excluding steroid dienone is 1. The normalized spacial score (nSPS) is 23.6. The standard InChI is InChI=1S/C17H19BrN4O2S/c18-11-8-19-10-22(9-11)24-12-5-6-14-16(7-12)25-17(21-14)20-13-3-1-2-4-15(13)23/h5-9,13,15,23H,1-4,10H2,(H,20,21)/t13-,15-/m1/s1. The van der Waals surface area contributed by atoms with Gasteiger partial charge in [-0.3, -0.25) is 4.99 Å². The molecule has 1 fully saturated rings. The van der Waals surface area contributed by atoms with Gasteiger partial charge in [0.15, 0.2) is 10.9 Å². The smallest absolute Gasteiger partial charge is 0.184 e. The summed E-state index contributed by atoms with van der Waals surface area (Å²) in [5, 5.41) is 16.0. The van der Waals surface area contributed by atoms with E-state index in [4.69, 9.17) is 4.84 Å². The summed E-state index contributed by atoms with van der Waals surface area (Å²) in [6.07, 6.45) is 7.42. The molecule has 6 nitrogen and oxygen atoms in total. The molecule has 0 amide bonds. The van der Waals surface area contributed by atoms with Crippen molar-refractivity contribution in [3.63, 3.8) is 0 Å². The van der Waals surface area contributed by atoms with Crippen molar-refractivity contribution in [1.82, 2.24) is 10.0 Å². The molecular formula is C17H19BrN4O2S. The lowest BCUT2D eigenvalue weighted by molar-refractivity contribution is -0.00509. The predicted molar refractivity (Wildman–Crippen MR) is 104 cm³/mol. The predicted octanol–water partition coefficient (Wildman–Crippen LogP) is 3.89. The molecule has 25 heavy (non-hydrogen) atoms. The SMILES string of the molecule is O[C@@H]1CCCC[C@H]1Nc1nc2ccc(ON3C=C(Br)C=NC3)cc2s1. The molecule has 0 spiro atoms. The van der Waals surface area contributed by atoms with Crippen LogP contribution < -0.4 is 10.2 Å². The van der Waals surface area contributed by atoms with Gasteiger partial charge in [-0.05, 0) is 40.9 Å². The minimum Gasteiger partial charge on any atom is -0.391 e. The first kappa shape index (κ1) is 16.8. The summed E-state index contributed by atoms with van der Waals surface area (Å²) in [5.41, 5.74) is 0.929. The van der Waals surface area contributed by atoms with Crippen molar-refractivity contribution in [2.75, 3.05) is 12.0 Å². The van der Waals surface area contributed by atoms with Gasteiger partial charge in [-0.1, -0.05) is 24.2 Å². The highest BCUT2D eigenvalue weighted by atomic mass is 79.9. The maximum atomic E-state index is 10.1. The third-order valence-electron chi connectivity index (χ3n) is 4.32. The fourth-order valence-electron chi connectivity index (χ4n) is 3.07.